The van der Waals surface area contributed by atoms with Crippen molar-refractivity contribution in [3.05, 3.63) is 75.3 Å². The summed E-state index contributed by atoms with van der Waals surface area (Å²) in [7, 11) is 0. The molecule has 4 rings (SSSR count). The topological polar surface area (TPSA) is 95.3 Å². The largest absolute Gasteiger partial charge is 0.490 e. The van der Waals surface area contributed by atoms with E-state index in [1.165, 1.54) is 22.2 Å². The van der Waals surface area contributed by atoms with Gasteiger partial charge in [-0.15, -0.1) is 11.3 Å². The van der Waals surface area contributed by atoms with Crippen molar-refractivity contribution in [1.82, 2.24) is 19.9 Å². The van der Waals surface area contributed by atoms with Crippen molar-refractivity contribution in [2.45, 2.75) is 40.3 Å². The molecule has 0 saturated heterocycles. The van der Waals surface area contributed by atoms with E-state index in [0.717, 1.165) is 20.8 Å². The van der Waals surface area contributed by atoms with Crippen molar-refractivity contribution >= 4 is 27.5 Å². The lowest BCUT2D eigenvalue weighted by Gasteiger charge is -2.11. The quantitative estimate of drug-likeness (QED) is 0.384. The molecule has 0 radical (unpaired) electrons. The van der Waals surface area contributed by atoms with Gasteiger partial charge in [0.15, 0.2) is 11.5 Å². The number of benzene rings is 1. The number of pyridine rings is 1. The third kappa shape index (κ3) is 5.26. The normalized spacial score (nSPS) is 10.9. The zero-order valence-corrected chi connectivity index (χ0v) is 20.1. The second-order valence-electron chi connectivity index (χ2n) is 7.72. The third-order valence-corrected chi connectivity index (χ3v) is 6.50. The van der Waals surface area contributed by atoms with E-state index in [1.54, 1.807) is 12.3 Å². The van der Waals surface area contributed by atoms with Crippen LogP contribution in [0.5, 0.6) is 17.4 Å². The first-order chi connectivity index (χ1) is 16.5. The Morgan fingerprint density at radius 3 is 2.65 bits per heavy atom. The van der Waals surface area contributed by atoms with Crippen LogP contribution in [0.4, 0.5) is 0 Å². The maximum Gasteiger partial charge on any atom is 0.262 e. The Balaban J connectivity index is 1.31. The van der Waals surface area contributed by atoms with Gasteiger partial charge in [0, 0.05) is 36.7 Å². The summed E-state index contributed by atoms with van der Waals surface area (Å²) >= 11 is 1.51. The van der Waals surface area contributed by atoms with Crippen LogP contribution in [0.1, 0.15) is 29.3 Å². The van der Waals surface area contributed by atoms with Crippen LogP contribution < -0.4 is 20.3 Å². The molecule has 3 aromatic heterocycles. The van der Waals surface area contributed by atoms with Gasteiger partial charge in [0.2, 0.25) is 11.8 Å². The molecule has 0 aliphatic heterocycles. The van der Waals surface area contributed by atoms with Gasteiger partial charge >= 0.3 is 0 Å². The predicted molar refractivity (Wildman–Crippen MR) is 132 cm³/mol. The molecule has 0 fully saturated rings. The summed E-state index contributed by atoms with van der Waals surface area (Å²) in [6.45, 7) is 6.96. The minimum atomic E-state index is -0.156. The molecule has 0 saturated carbocycles. The number of rotatable bonds is 9. The summed E-state index contributed by atoms with van der Waals surface area (Å²) in [5.41, 5.74) is 1.69. The minimum Gasteiger partial charge on any atom is -0.490 e. The number of hydrogen-bond donors (Lipinski definition) is 1. The van der Waals surface area contributed by atoms with Gasteiger partial charge in [0.05, 0.1) is 18.3 Å². The lowest BCUT2D eigenvalue weighted by Crippen LogP contribution is -2.27. The number of carbonyl (C=O) groups is 1. The summed E-state index contributed by atoms with van der Waals surface area (Å²) in [5.74, 6) is 1.52. The van der Waals surface area contributed by atoms with E-state index >= 15 is 0 Å². The molecule has 3 heterocycles. The van der Waals surface area contributed by atoms with E-state index in [9.17, 15) is 9.59 Å². The van der Waals surface area contributed by atoms with Gasteiger partial charge in [0.25, 0.3) is 5.56 Å². The Kier molecular flexibility index (Phi) is 7.22. The van der Waals surface area contributed by atoms with Crippen LogP contribution in [-0.2, 0) is 17.9 Å². The number of fused-ring (bicyclic) bond motifs is 1. The Hall–Kier alpha value is -3.72. The second-order valence-corrected chi connectivity index (χ2v) is 8.92. The first-order valence-corrected chi connectivity index (χ1v) is 11.8. The molecule has 0 spiro atoms. The van der Waals surface area contributed by atoms with E-state index in [2.05, 4.69) is 15.3 Å². The number of ether oxygens (including phenoxy) is 2. The van der Waals surface area contributed by atoms with Crippen LogP contribution >= 0.6 is 11.3 Å². The van der Waals surface area contributed by atoms with Gasteiger partial charge < -0.3 is 14.8 Å². The number of amides is 1. The number of nitrogens with one attached hydrogen (secondary N) is 1. The monoisotopic (exact) mass is 478 g/mol. The Bertz CT molecular complexity index is 1360. The fourth-order valence-electron chi connectivity index (χ4n) is 3.44. The molecule has 176 valence electrons. The molecule has 0 bridgehead atoms. The average Bonchev–Trinajstić information content (AvgIpc) is 3.13. The van der Waals surface area contributed by atoms with E-state index in [-0.39, 0.29) is 24.4 Å². The summed E-state index contributed by atoms with van der Waals surface area (Å²) in [5, 5.41) is 3.50. The van der Waals surface area contributed by atoms with Crippen LogP contribution in [-0.4, -0.2) is 27.0 Å². The van der Waals surface area contributed by atoms with E-state index in [4.69, 9.17) is 9.47 Å². The van der Waals surface area contributed by atoms with Crippen molar-refractivity contribution in [2.75, 3.05) is 6.61 Å². The highest BCUT2D eigenvalue weighted by Crippen LogP contribution is 2.30. The third-order valence-electron chi connectivity index (χ3n) is 5.39. The highest BCUT2D eigenvalue weighted by atomic mass is 32.1. The molecule has 0 unspecified atom stereocenters. The van der Waals surface area contributed by atoms with Crippen molar-refractivity contribution in [3.8, 4) is 17.4 Å². The lowest BCUT2D eigenvalue weighted by molar-refractivity contribution is -0.121. The number of carbonyl (C=O) groups excluding carboxylic acids is 1. The van der Waals surface area contributed by atoms with Gasteiger partial charge in [-0.05, 0) is 44.0 Å². The van der Waals surface area contributed by atoms with Crippen molar-refractivity contribution in [2.24, 2.45) is 0 Å². The summed E-state index contributed by atoms with van der Waals surface area (Å²) < 4.78 is 12.9. The van der Waals surface area contributed by atoms with Crippen molar-refractivity contribution < 1.29 is 14.3 Å². The fourth-order valence-corrected chi connectivity index (χ4v) is 4.43. The maximum atomic E-state index is 12.7. The van der Waals surface area contributed by atoms with Crippen LogP contribution in [0.25, 0.3) is 10.2 Å². The fraction of sp³-hybridized carbons (Fsp3) is 0.280. The van der Waals surface area contributed by atoms with Crippen molar-refractivity contribution in [3.63, 3.8) is 0 Å². The summed E-state index contributed by atoms with van der Waals surface area (Å²) in [4.78, 5) is 35.6. The van der Waals surface area contributed by atoms with Gasteiger partial charge in [-0.3, -0.25) is 14.2 Å². The minimum absolute atomic E-state index is 0.106. The summed E-state index contributed by atoms with van der Waals surface area (Å²) in [6.07, 6.45) is 3.35. The zero-order chi connectivity index (χ0) is 24.1. The average molecular weight is 479 g/mol. The standard InChI is InChI=1S/C25H26N4O4S/c1-4-32-19-7-5-6-8-20(19)33-22-10-9-18(14-27-22)13-26-21(30)11-12-29-15-28-24-23(25(29)31)16(2)17(3)34-24/h5-10,14-15H,4,11-13H2,1-3H3,(H,26,30). The first kappa shape index (κ1) is 23.4. The SMILES string of the molecule is CCOc1ccccc1Oc1ccc(CNC(=O)CCn2cnc3sc(C)c(C)c3c2=O)cn1. The smallest absolute Gasteiger partial charge is 0.262 e. The van der Waals surface area contributed by atoms with E-state index < -0.39 is 0 Å². The summed E-state index contributed by atoms with van der Waals surface area (Å²) in [6, 6.07) is 11.0. The Morgan fingerprint density at radius 1 is 1.12 bits per heavy atom. The van der Waals surface area contributed by atoms with Gasteiger partial charge in [-0.25, -0.2) is 9.97 Å². The number of thiophene rings is 1. The molecule has 1 N–H and O–H groups in total. The molecule has 1 aromatic carbocycles. The number of aryl methyl sites for hydroxylation is 3. The van der Waals surface area contributed by atoms with Gasteiger partial charge in [0.1, 0.15) is 4.83 Å². The molecule has 0 atom stereocenters. The van der Waals surface area contributed by atoms with Crippen LogP contribution in [0.3, 0.4) is 0 Å². The highest BCUT2D eigenvalue weighted by Gasteiger charge is 2.13. The number of aromatic nitrogens is 3. The van der Waals surface area contributed by atoms with Gasteiger partial charge in [-0.1, -0.05) is 18.2 Å². The molecule has 34 heavy (non-hydrogen) atoms. The molecule has 9 heteroatoms. The zero-order valence-electron chi connectivity index (χ0n) is 19.3. The number of hydrogen-bond acceptors (Lipinski definition) is 7. The molecule has 8 nitrogen and oxygen atoms in total. The van der Waals surface area contributed by atoms with Crippen LogP contribution in [0, 0.1) is 13.8 Å². The van der Waals surface area contributed by atoms with E-state index in [0.29, 0.717) is 35.9 Å². The molecule has 4 aromatic rings. The van der Waals surface area contributed by atoms with Gasteiger partial charge in [-0.2, -0.15) is 0 Å². The lowest BCUT2D eigenvalue weighted by atomic mass is 10.2. The first-order valence-electron chi connectivity index (χ1n) is 11.0. The van der Waals surface area contributed by atoms with E-state index in [1.807, 2.05) is 51.1 Å². The Morgan fingerprint density at radius 2 is 1.91 bits per heavy atom. The molecule has 1 amide bonds. The number of nitrogens with zero attached hydrogens (tertiary/aromatic N) is 3. The van der Waals surface area contributed by atoms with Crippen molar-refractivity contribution in [1.29, 1.82) is 0 Å². The maximum absolute atomic E-state index is 12.7. The number of para-hydroxylation sites is 2. The molecule has 0 aliphatic carbocycles. The highest BCUT2D eigenvalue weighted by molar-refractivity contribution is 7.18. The van der Waals surface area contributed by atoms with Crippen LogP contribution in [0.15, 0.2) is 53.7 Å². The Labute approximate surface area is 201 Å². The predicted octanol–water partition coefficient (Wildman–Crippen LogP) is 4.37. The molecular weight excluding hydrogens is 452 g/mol. The molecular formula is C25H26N4O4S. The van der Waals surface area contributed by atoms with Crippen LogP contribution in [0.2, 0.25) is 0 Å². The second kappa shape index (κ2) is 10.5. The molecule has 0 aliphatic rings.